The van der Waals surface area contributed by atoms with Gasteiger partial charge in [0.25, 0.3) is 0 Å². The van der Waals surface area contributed by atoms with Crippen molar-refractivity contribution < 1.29 is 4.42 Å². The Bertz CT molecular complexity index is 735. The van der Waals surface area contributed by atoms with Crippen LogP contribution in [0.15, 0.2) is 47.1 Å². The molecule has 3 rings (SSSR count). The number of benzene rings is 1. The molecule has 0 aliphatic carbocycles. The van der Waals surface area contributed by atoms with Gasteiger partial charge in [-0.3, -0.25) is 0 Å². The predicted molar refractivity (Wildman–Crippen MR) is 101 cm³/mol. The van der Waals surface area contributed by atoms with Crippen LogP contribution in [-0.4, -0.2) is 34.1 Å². The molecule has 0 bridgehead atoms. The number of para-hydroxylation sites is 2. The second-order valence-corrected chi connectivity index (χ2v) is 5.54. The van der Waals surface area contributed by atoms with Crippen LogP contribution in [0.2, 0.25) is 0 Å². The number of aromatic nitrogens is 2. The van der Waals surface area contributed by atoms with Gasteiger partial charge < -0.3 is 19.2 Å². The van der Waals surface area contributed by atoms with Crippen LogP contribution in [0, 0.1) is 0 Å². The molecule has 0 aliphatic heterocycles. The van der Waals surface area contributed by atoms with E-state index >= 15 is 0 Å². The van der Waals surface area contributed by atoms with Crippen molar-refractivity contribution in [3.8, 4) is 0 Å². The Morgan fingerprint density at radius 1 is 1.12 bits per heavy atom. The Morgan fingerprint density at radius 3 is 2.62 bits per heavy atom. The minimum Gasteiger partial charge on any atom is -0.467 e. The standard InChI is InChI=1S/C18H24N4O.ClH/c1-3-21(4-2)11-12-22-17-10-6-5-9-16(17)20-18(22)19-14-15-8-7-13-23-15;/h5-10,13H,3-4,11-12,14H2,1-2H3,(H,19,20);1H. The van der Waals surface area contributed by atoms with Crippen LogP contribution >= 0.6 is 12.4 Å². The van der Waals surface area contributed by atoms with Crippen molar-refractivity contribution in [1.82, 2.24) is 14.5 Å². The molecule has 0 atom stereocenters. The molecule has 0 saturated carbocycles. The Kier molecular flexibility index (Phi) is 6.70. The third-order valence-electron chi connectivity index (χ3n) is 4.19. The molecule has 0 radical (unpaired) electrons. The van der Waals surface area contributed by atoms with Crippen molar-refractivity contribution in [1.29, 1.82) is 0 Å². The second kappa shape index (κ2) is 8.76. The highest BCUT2D eigenvalue weighted by molar-refractivity contribution is 5.85. The van der Waals surface area contributed by atoms with Crippen LogP contribution in [0.3, 0.4) is 0 Å². The smallest absolute Gasteiger partial charge is 0.204 e. The molecule has 0 aliphatic rings. The molecule has 6 heteroatoms. The molecule has 130 valence electrons. The molecule has 24 heavy (non-hydrogen) atoms. The first-order chi connectivity index (χ1) is 11.3. The fourth-order valence-corrected chi connectivity index (χ4v) is 2.80. The number of anilines is 1. The molecular formula is C18H25ClN4O. The topological polar surface area (TPSA) is 46.2 Å². The highest BCUT2D eigenvalue weighted by Crippen LogP contribution is 2.20. The molecule has 2 heterocycles. The van der Waals surface area contributed by atoms with Gasteiger partial charge >= 0.3 is 0 Å². The van der Waals surface area contributed by atoms with Gasteiger partial charge in [0.1, 0.15) is 5.76 Å². The van der Waals surface area contributed by atoms with E-state index in [0.29, 0.717) is 6.54 Å². The van der Waals surface area contributed by atoms with Crippen LogP contribution in [-0.2, 0) is 13.1 Å². The summed E-state index contributed by atoms with van der Waals surface area (Å²) in [5.41, 5.74) is 2.19. The first-order valence-corrected chi connectivity index (χ1v) is 8.25. The summed E-state index contributed by atoms with van der Waals surface area (Å²) >= 11 is 0. The quantitative estimate of drug-likeness (QED) is 0.668. The van der Waals surface area contributed by atoms with Crippen LogP contribution < -0.4 is 5.32 Å². The second-order valence-electron chi connectivity index (χ2n) is 5.54. The van der Waals surface area contributed by atoms with Crippen LogP contribution in [0.25, 0.3) is 11.0 Å². The number of imidazole rings is 1. The number of nitrogens with zero attached hydrogens (tertiary/aromatic N) is 3. The Morgan fingerprint density at radius 2 is 1.92 bits per heavy atom. The van der Waals surface area contributed by atoms with Crippen LogP contribution in [0.1, 0.15) is 19.6 Å². The molecular weight excluding hydrogens is 324 g/mol. The lowest BCUT2D eigenvalue weighted by molar-refractivity contribution is 0.292. The normalized spacial score (nSPS) is 11.0. The van der Waals surface area contributed by atoms with Gasteiger partial charge in [0.15, 0.2) is 0 Å². The van der Waals surface area contributed by atoms with Gasteiger partial charge in [-0.1, -0.05) is 26.0 Å². The first kappa shape index (κ1) is 18.4. The third kappa shape index (κ3) is 4.10. The summed E-state index contributed by atoms with van der Waals surface area (Å²) in [5.74, 6) is 1.81. The molecule has 0 amide bonds. The molecule has 3 aromatic rings. The van der Waals surface area contributed by atoms with Crippen molar-refractivity contribution in [3.05, 3.63) is 48.4 Å². The summed E-state index contributed by atoms with van der Waals surface area (Å²) in [5, 5.41) is 3.40. The molecule has 0 saturated heterocycles. The van der Waals surface area contributed by atoms with Gasteiger partial charge in [-0.2, -0.15) is 0 Å². The van der Waals surface area contributed by atoms with Crippen LogP contribution in [0.4, 0.5) is 5.95 Å². The summed E-state index contributed by atoms with van der Waals surface area (Å²) in [7, 11) is 0. The molecule has 2 aromatic heterocycles. The van der Waals surface area contributed by atoms with E-state index in [4.69, 9.17) is 9.40 Å². The van der Waals surface area contributed by atoms with Gasteiger partial charge in [-0.25, -0.2) is 4.98 Å². The lowest BCUT2D eigenvalue weighted by Crippen LogP contribution is -2.27. The molecule has 0 spiro atoms. The number of rotatable bonds is 8. The Labute approximate surface area is 149 Å². The Balaban J connectivity index is 0.00000208. The number of hydrogen-bond donors (Lipinski definition) is 1. The van der Waals surface area contributed by atoms with E-state index < -0.39 is 0 Å². The van der Waals surface area contributed by atoms with Gasteiger partial charge in [0.05, 0.1) is 23.8 Å². The summed E-state index contributed by atoms with van der Waals surface area (Å²) in [4.78, 5) is 7.16. The zero-order chi connectivity index (χ0) is 16.1. The lowest BCUT2D eigenvalue weighted by Gasteiger charge is -2.19. The SMILES string of the molecule is CCN(CC)CCn1c(NCc2ccco2)nc2ccccc21.Cl. The van der Waals surface area contributed by atoms with E-state index in [1.165, 1.54) is 5.52 Å². The average molecular weight is 349 g/mol. The molecule has 0 fully saturated rings. The zero-order valence-corrected chi connectivity index (χ0v) is 15.1. The van der Waals surface area contributed by atoms with E-state index in [2.05, 4.69) is 46.8 Å². The van der Waals surface area contributed by atoms with E-state index in [0.717, 1.165) is 43.4 Å². The van der Waals surface area contributed by atoms with Crippen molar-refractivity contribution in [2.24, 2.45) is 0 Å². The van der Waals surface area contributed by atoms with Crippen molar-refractivity contribution in [2.45, 2.75) is 26.9 Å². The van der Waals surface area contributed by atoms with E-state index in [-0.39, 0.29) is 12.4 Å². The molecule has 1 aromatic carbocycles. The minimum atomic E-state index is 0. The van der Waals surface area contributed by atoms with Gasteiger partial charge in [0, 0.05) is 13.1 Å². The van der Waals surface area contributed by atoms with Crippen LogP contribution in [0.5, 0.6) is 0 Å². The Hall–Kier alpha value is -1.98. The fourth-order valence-electron chi connectivity index (χ4n) is 2.80. The first-order valence-electron chi connectivity index (χ1n) is 8.25. The summed E-state index contributed by atoms with van der Waals surface area (Å²) < 4.78 is 7.65. The number of hydrogen-bond acceptors (Lipinski definition) is 4. The monoisotopic (exact) mass is 348 g/mol. The van der Waals surface area contributed by atoms with Gasteiger partial charge in [-0.05, 0) is 37.4 Å². The van der Waals surface area contributed by atoms with E-state index in [1.54, 1.807) is 6.26 Å². The maximum Gasteiger partial charge on any atom is 0.204 e. The number of likely N-dealkylation sites (N-methyl/N-ethyl adjacent to an activating group) is 1. The highest BCUT2D eigenvalue weighted by atomic mass is 35.5. The summed E-state index contributed by atoms with van der Waals surface area (Å²) in [6.07, 6.45) is 1.69. The average Bonchev–Trinajstić information content (AvgIpc) is 3.21. The maximum absolute atomic E-state index is 5.39. The summed E-state index contributed by atoms with van der Waals surface area (Å²) in [6, 6.07) is 12.1. The van der Waals surface area contributed by atoms with Crippen molar-refractivity contribution in [3.63, 3.8) is 0 Å². The number of halogens is 1. The molecule has 5 nitrogen and oxygen atoms in total. The van der Waals surface area contributed by atoms with Gasteiger partial charge in [0.2, 0.25) is 5.95 Å². The molecule has 0 unspecified atom stereocenters. The van der Waals surface area contributed by atoms with E-state index in [1.807, 2.05) is 18.2 Å². The third-order valence-corrected chi connectivity index (χ3v) is 4.19. The van der Waals surface area contributed by atoms with Gasteiger partial charge in [-0.15, -0.1) is 12.4 Å². The molecule has 1 N–H and O–H groups in total. The van der Waals surface area contributed by atoms with Crippen molar-refractivity contribution in [2.75, 3.05) is 25.0 Å². The number of nitrogens with one attached hydrogen (secondary N) is 1. The highest BCUT2D eigenvalue weighted by Gasteiger charge is 2.11. The van der Waals surface area contributed by atoms with E-state index in [9.17, 15) is 0 Å². The summed E-state index contributed by atoms with van der Waals surface area (Å²) in [6.45, 7) is 9.11. The zero-order valence-electron chi connectivity index (χ0n) is 14.2. The largest absolute Gasteiger partial charge is 0.467 e. The fraction of sp³-hybridized carbons (Fsp3) is 0.389. The maximum atomic E-state index is 5.39. The number of fused-ring (bicyclic) bond motifs is 1. The minimum absolute atomic E-state index is 0. The lowest BCUT2D eigenvalue weighted by atomic mass is 10.3. The number of furan rings is 1. The predicted octanol–water partition coefficient (Wildman–Crippen LogP) is 4.01. The van der Waals surface area contributed by atoms with Crippen molar-refractivity contribution >= 4 is 29.4 Å².